The van der Waals surface area contributed by atoms with Crippen LogP contribution in [0.4, 0.5) is 0 Å². The van der Waals surface area contributed by atoms with E-state index in [1.807, 2.05) is 0 Å². The molecule has 2 nitrogen and oxygen atoms in total. The van der Waals surface area contributed by atoms with Gasteiger partial charge in [0.2, 0.25) is 0 Å². The van der Waals surface area contributed by atoms with E-state index in [1.165, 1.54) is 0 Å². The maximum atomic E-state index is 10.0. The predicted molar refractivity (Wildman–Crippen MR) is 23.8 cm³/mol. The van der Waals surface area contributed by atoms with Crippen molar-refractivity contribution in [2.45, 2.75) is 0 Å². The normalized spacial score (nSPS) is 8.67. The van der Waals surface area contributed by atoms with Crippen LogP contribution in [0, 0.1) is 6.20 Å². The number of aromatic amines is 1. The maximum absolute atomic E-state index is 10.0. The number of thiazole rings is 1. The summed E-state index contributed by atoms with van der Waals surface area (Å²) in [5, 5.41) is 1.59. The lowest BCUT2D eigenvalue weighted by molar-refractivity contribution is 1.33. The number of rotatable bonds is 0. The SMILES string of the molecule is O=c1[nH][c]cs1. The van der Waals surface area contributed by atoms with Crippen molar-refractivity contribution >= 4 is 11.3 Å². The van der Waals surface area contributed by atoms with Crippen LogP contribution in [-0.4, -0.2) is 4.98 Å². The van der Waals surface area contributed by atoms with E-state index >= 15 is 0 Å². The predicted octanol–water partition coefficient (Wildman–Crippen LogP) is 0.237. The quantitative estimate of drug-likeness (QED) is 0.497. The van der Waals surface area contributed by atoms with Gasteiger partial charge in [0.05, 0.1) is 6.20 Å². The topological polar surface area (TPSA) is 32.9 Å². The zero-order valence-electron chi connectivity index (χ0n) is 2.89. The van der Waals surface area contributed by atoms with Gasteiger partial charge in [0.1, 0.15) is 0 Å². The minimum Gasteiger partial charge on any atom is -0.311 e. The number of aromatic nitrogens is 1. The van der Waals surface area contributed by atoms with Gasteiger partial charge in [-0.1, -0.05) is 11.3 Å². The molecule has 0 spiro atoms. The fourth-order valence-corrected chi connectivity index (χ4v) is 0.544. The van der Waals surface area contributed by atoms with Crippen LogP contribution in [0.2, 0.25) is 0 Å². The van der Waals surface area contributed by atoms with E-state index in [-0.39, 0.29) is 4.87 Å². The van der Waals surface area contributed by atoms with Crippen LogP contribution in [-0.2, 0) is 0 Å². The second kappa shape index (κ2) is 1.26. The van der Waals surface area contributed by atoms with E-state index in [1.54, 1.807) is 5.38 Å². The summed E-state index contributed by atoms with van der Waals surface area (Å²) in [5.41, 5.74) is 0. The van der Waals surface area contributed by atoms with Crippen LogP contribution in [0.3, 0.4) is 0 Å². The molecule has 0 aliphatic carbocycles. The zero-order chi connectivity index (χ0) is 4.41. The Labute approximate surface area is 38.5 Å². The van der Waals surface area contributed by atoms with Gasteiger partial charge in [-0.3, -0.25) is 4.79 Å². The zero-order valence-corrected chi connectivity index (χ0v) is 3.71. The summed E-state index contributed by atoms with van der Waals surface area (Å²) in [6, 6.07) is 0. The van der Waals surface area contributed by atoms with Gasteiger partial charge >= 0.3 is 4.87 Å². The molecule has 0 unspecified atom stereocenters. The molecule has 1 heterocycles. The molecule has 1 N–H and O–H groups in total. The van der Waals surface area contributed by atoms with Gasteiger partial charge in [-0.05, 0) is 0 Å². The summed E-state index contributed by atoms with van der Waals surface area (Å²) in [7, 11) is 0. The molecule has 0 atom stereocenters. The molecule has 0 bridgehead atoms. The third-order valence-corrected chi connectivity index (χ3v) is 0.951. The van der Waals surface area contributed by atoms with E-state index in [9.17, 15) is 4.79 Å². The second-order valence-electron chi connectivity index (χ2n) is 0.792. The molecule has 1 rings (SSSR count). The molecule has 1 radical (unpaired) electrons. The van der Waals surface area contributed by atoms with Crippen molar-refractivity contribution in [2.24, 2.45) is 0 Å². The molecule has 0 aliphatic rings. The molecule has 0 saturated heterocycles. The Hall–Kier alpha value is -0.570. The van der Waals surface area contributed by atoms with Gasteiger partial charge < -0.3 is 4.98 Å². The van der Waals surface area contributed by atoms with E-state index in [0.29, 0.717) is 0 Å². The standard InChI is InChI=1S/C3H2NOS/c5-3-4-1-2-6-3/h2H,(H,4,5). The lowest BCUT2D eigenvalue weighted by Gasteiger charge is -1.48. The Morgan fingerprint density at radius 1 is 2.00 bits per heavy atom. The first-order valence-corrected chi connectivity index (χ1v) is 2.31. The average Bonchev–Trinajstić information content (AvgIpc) is 1.86. The van der Waals surface area contributed by atoms with Gasteiger partial charge in [0.15, 0.2) is 0 Å². The number of hydrogen-bond donors (Lipinski definition) is 1. The fraction of sp³-hybridized carbons (Fsp3) is 0. The van der Waals surface area contributed by atoms with Gasteiger partial charge in [-0.2, -0.15) is 0 Å². The lowest BCUT2D eigenvalue weighted by atomic mass is 11.0. The van der Waals surface area contributed by atoms with Gasteiger partial charge in [-0.25, -0.2) is 0 Å². The monoisotopic (exact) mass is 100.0 g/mol. The van der Waals surface area contributed by atoms with Crippen LogP contribution in [0.1, 0.15) is 0 Å². The van der Waals surface area contributed by atoms with Crippen LogP contribution in [0.15, 0.2) is 10.2 Å². The Balaban J connectivity index is 3.41. The molecule has 3 heteroatoms. The summed E-state index contributed by atoms with van der Waals surface area (Å²) in [5.74, 6) is 0. The summed E-state index contributed by atoms with van der Waals surface area (Å²) in [6.07, 6.45) is 2.51. The van der Waals surface area contributed by atoms with Crippen molar-refractivity contribution in [3.05, 3.63) is 21.2 Å². The Morgan fingerprint density at radius 2 is 2.83 bits per heavy atom. The highest BCUT2D eigenvalue weighted by Gasteiger charge is 1.73. The maximum Gasteiger partial charge on any atom is 0.304 e. The summed E-state index contributed by atoms with van der Waals surface area (Å²) in [4.78, 5) is 12.3. The average molecular weight is 100 g/mol. The van der Waals surface area contributed by atoms with Gasteiger partial charge in [0.25, 0.3) is 0 Å². The molecule has 0 saturated carbocycles. The molecular weight excluding hydrogens is 98.1 g/mol. The Kier molecular flexibility index (Phi) is 0.759. The molecule has 31 valence electrons. The summed E-state index contributed by atoms with van der Waals surface area (Å²) in [6.45, 7) is 0. The molecular formula is C3H2NOS. The van der Waals surface area contributed by atoms with Crippen LogP contribution >= 0.6 is 11.3 Å². The summed E-state index contributed by atoms with van der Waals surface area (Å²) < 4.78 is 0. The van der Waals surface area contributed by atoms with E-state index < -0.39 is 0 Å². The molecule has 0 amide bonds. The molecule has 0 aliphatic heterocycles. The van der Waals surface area contributed by atoms with E-state index in [4.69, 9.17) is 0 Å². The van der Waals surface area contributed by atoms with Crippen LogP contribution < -0.4 is 4.87 Å². The number of hydrogen-bond acceptors (Lipinski definition) is 2. The highest BCUT2D eigenvalue weighted by molar-refractivity contribution is 7.07. The van der Waals surface area contributed by atoms with E-state index in [0.717, 1.165) is 11.3 Å². The van der Waals surface area contributed by atoms with E-state index in [2.05, 4.69) is 11.2 Å². The molecule has 6 heavy (non-hydrogen) atoms. The Morgan fingerprint density at radius 3 is 3.00 bits per heavy atom. The minimum absolute atomic E-state index is 0.0463. The van der Waals surface area contributed by atoms with Crippen molar-refractivity contribution in [3.8, 4) is 0 Å². The smallest absolute Gasteiger partial charge is 0.304 e. The lowest BCUT2D eigenvalue weighted by Crippen LogP contribution is -1.88. The molecule has 0 aromatic carbocycles. The van der Waals surface area contributed by atoms with Crippen molar-refractivity contribution < 1.29 is 0 Å². The van der Waals surface area contributed by atoms with Crippen molar-refractivity contribution in [1.29, 1.82) is 0 Å². The fourth-order valence-electron chi connectivity index (χ4n) is 0.201. The first kappa shape index (κ1) is 3.61. The van der Waals surface area contributed by atoms with Crippen molar-refractivity contribution in [1.82, 2.24) is 4.98 Å². The van der Waals surface area contributed by atoms with Crippen molar-refractivity contribution in [3.63, 3.8) is 0 Å². The highest BCUT2D eigenvalue weighted by Crippen LogP contribution is 1.75. The largest absolute Gasteiger partial charge is 0.311 e. The molecule has 1 aromatic rings. The summed E-state index contributed by atoms with van der Waals surface area (Å²) >= 11 is 1.11. The first-order valence-electron chi connectivity index (χ1n) is 1.43. The highest BCUT2D eigenvalue weighted by atomic mass is 32.1. The Bertz CT molecular complexity index is 149. The van der Waals surface area contributed by atoms with Crippen LogP contribution in [0.25, 0.3) is 0 Å². The number of H-pyrrole nitrogens is 1. The molecule has 1 aromatic heterocycles. The second-order valence-corrected chi connectivity index (χ2v) is 1.63. The third kappa shape index (κ3) is 0.490. The first-order chi connectivity index (χ1) is 2.89. The van der Waals surface area contributed by atoms with Gasteiger partial charge in [-0.15, -0.1) is 0 Å². The molecule has 0 fully saturated rings. The van der Waals surface area contributed by atoms with Crippen molar-refractivity contribution in [2.75, 3.05) is 0 Å². The number of nitrogens with one attached hydrogen (secondary N) is 1. The van der Waals surface area contributed by atoms with Gasteiger partial charge in [0, 0.05) is 5.38 Å². The minimum atomic E-state index is -0.0463. The third-order valence-electron chi connectivity index (χ3n) is 0.399. The van der Waals surface area contributed by atoms with Crippen LogP contribution in [0.5, 0.6) is 0 Å².